The largest absolute Gasteiger partial charge is 0.385 e. The maximum absolute atomic E-state index is 5.02. The number of rotatable bonds is 7. The van der Waals surface area contributed by atoms with Gasteiger partial charge in [-0.15, -0.1) is 0 Å². The molecule has 84 valence electrons. The number of ether oxygens (including phenoxy) is 1. The van der Waals surface area contributed by atoms with Gasteiger partial charge < -0.3 is 10.1 Å². The minimum absolute atomic E-state index is 0.456. The molecule has 15 heavy (non-hydrogen) atoms. The van der Waals surface area contributed by atoms with Crippen LogP contribution >= 0.6 is 0 Å². The molecule has 0 amide bonds. The Hall–Kier alpha value is -1.13. The lowest BCUT2D eigenvalue weighted by molar-refractivity contribution is 0.184. The maximum Gasteiger partial charge on any atom is 0.0538 e. The van der Waals surface area contributed by atoms with Crippen LogP contribution in [-0.2, 0) is 11.3 Å². The van der Waals surface area contributed by atoms with Crippen LogP contribution in [0.2, 0.25) is 0 Å². The van der Waals surface area contributed by atoms with Gasteiger partial charge in [-0.25, -0.2) is 4.68 Å². The van der Waals surface area contributed by atoms with E-state index in [1.807, 2.05) is 12.4 Å². The lowest BCUT2D eigenvalue weighted by Gasteiger charge is -2.11. The van der Waals surface area contributed by atoms with Crippen LogP contribution in [0.3, 0.4) is 0 Å². The summed E-state index contributed by atoms with van der Waals surface area (Å²) in [5, 5.41) is 7.51. The Morgan fingerprint density at radius 1 is 1.73 bits per heavy atom. The lowest BCUT2D eigenvalue weighted by atomic mass is 10.2. The van der Waals surface area contributed by atoms with E-state index in [2.05, 4.69) is 23.9 Å². The van der Waals surface area contributed by atoms with Gasteiger partial charge in [-0.1, -0.05) is 6.58 Å². The second kappa shape index (κ2) is 6.37. The van der Waals surface area contributed by atoms with Crippen LogP contribution in [0.1, 0.15) is 18.9 Å². The lowest BCUT2D eigenvalue weighted by Crippen LogP contribution is -2.26. The first kappa shape index (κ1) is 11.9. The van der Waals surface area contributed by atoms with Crippen molar-refractivity contribution in [2.75, 3.05) is 13.7 Å². The van der Waals surface area contributed by atoms with Gasteiger partial charge in [0.2, 0.25) is 0 Å². The summed E-state index contributed by atoms with van der Waals surface area (Å²) in [4.78, 5) is 0. The first-order valence-corrected chi connectivity index (χ1v) is 5.14. The average molecular weight is 209 g/mol. The van der Waals surface area contributed by atoms with E-state index in [9.17, 15) is 0 Å². The third-order valence-electron chi connectivity index (χ3n) is 2.25. The highest BCUT2D eigenvalue weighted by molar-refractivity contribution is 5.17. The predicted molar refractivity (Wildman–Crippen MR) is 61.4 cm³/mol. The number of hydrogen-bond acceptors (Lipinski definition) is 3. The molecule has 1 aromatic rings. The van der Waals surface area contributed by atoms with E-state index in [0.717, 1.165) is 19.6 Å². The Kier molecular flexibility index (Phi) is 5.07. The zero-order valence-electron chi connectivity index (χ0n) is 9.44. The highest BCUT2D eigenvalue weighted by Gasteiger charge is 2.02. The van der Waals surface area contributed by atoms with Crippen molar-refractivity contribution in [2.24, 2.45) is 0 Å². The summed E-state index contributed by atoms with van der Waals surface area (Å²) in [6, 6.07) is 0.456. The van der Waals surface area contributed by atoms with Crippen molar-refractivity contribution in [1.82, 2.24) is 15.1 Å². The SMILES string of the molecule is C=Cn1cc(CNC(C)CCOC)cn1. The van der Waals surface area contributed by atoms with Gasteiger partial charge in [-0.2, -0.15) is 5.10 Å². The second-order valence-electron chi connectivity index (χ2n) is 3.57. The van der Waals surface area contributed by atoms with Crippen LogP contribution in [0.5, 0.6) is 0 Å². The van der Waals surface area contributed by atoms with Gasteiger partial charge in [0.15, 0.2) is 0 Å². The Morgan fingerprint density at radius 3 is 3.13 bits per heavy atom. The minimum Gasteiger partial charge on any atom is -0.385 e. The maximum atomic E-state index is 5.02. The Morgan fingerprint density at radius 2 is 2.53 bits per heavy atom. The highest BCUT2D eigenvalue weighted by Crippen LogP contribution is 1.99. The van der Waals surface area contributed by atoms with Gasteiger partial charge >= 0.3 is 0 Å². The predicted octanol–water partition coefficient (Wildman–Crippen LogP) is 1.50. The molecule has 0 radical (unpaired) electrons. The minimum atomic E-state index is 0.456. The summed E-state index contributed by atoms with van der Waals surface area (Å²) in [7, 11) is 1.72. The van der Waals surface area contributed by atoms with Gasteiger partial charge in [0.25, 0.3) is 0 Å². The molecule has 1 heterocycles. The van der Waals surface area contributed by atoms with Crippen LogP contribution in [0.15, 0.2) is 19.0 Å². The first-order chi connectivity index (χ1) is 7.26. The van der Waals surface area contributed by atoms with Gasteiger partial charge in [0.1, 0.15) is 0 Å². The summed E-state index contributed by atoms with van der Waals surface area (Å²) >= 11 is 0. The number of methoxy groups -OCH3 is 1. The topological polar surface area (TPSA) is 39.1 Å². The van der Waals surface area contributed by atoms with E-state index in [-0.39, 0.29) is 0 Å². The molecule has 0 aromatic carbocycles. The van der Waals surface area contributed by atoms with E-state index in [4.69, 9.17) is 4.74 Å². The molecule has 0 spiro atoms. The van der Waals surface area contributed by atoms with Crippen LogP contribution in [0, 0.1) is 0 Å². The third-order valence-corrected chi connectivity index (χ3v) is 2.25. The highest BCUT2D eigenvalue weighted by atomic mass is 16.5. The summed E-state index contributed by atoms with van der Waals surface area (Å²) in [6.45, 7) is 7.42. The molecule has 0 aliphatic heterocycles. The van der Waals surface area contributed by atoms with Crippen molar-refractivity contribution in [3.8, 4) is 0 Å². The molecule has 1 rings (SSSR count). The first-order valence-electron chi connectivity index (χ1n) is 5.14. The normalized spacial score (nSPS) is 12.7. The Labute approximate surface area is 90.9 Å². The molecule has 1 atom stereocenters. The zero-order valence-corrected chi connectivity index (χ0v) is 9.44. The van der Waals surface area contributed by atoms with Gasteiger partial charge in [0, 0.05) is 44.3 Å². The fourth-order valence-corrected chi connectivity index (χ4v) is 1.26. The van der Waals surface area contributed by atoms with Crippen LogP contribution in [0.4, 0.5) is 0 Å². The Balaban J connectivity index is 2.26. The fraction of sp³-hybridized carbons (Fsp3) is 0.545. The molecule has 0 saturated heterocycles. The second-order valence-corrected chi connectivity index (χ2v) is 3.57. The summed E-state index contributed by atoms with van der Waals surface area (Å²) in [5.41, 5.74) is 1.17. The molecular weight excluding hydrogens is 190 g/mol. The zero-order chi connectivity index (χ0) is 11.1. The molecule has 4 heteroatoms. The quantitative estimate of drug-likeness (QED) is 0.739. The monoisotopic (exact) mass is 209 g/mol. The van der Waals surface area contributed by atoms with Gasteiger partial charge in [0.05, 0.1) is 6.20 Å². The van der Waals surface area contributed by atoms with E-state index >= 15 is 0 Å². The summed E-state index contributed by atoms with van der Waals surface area (Å²) in [6.07, 6.45) is 6.50. The fourth-order valence-electron chi connectivity index (χ4n) is 1.26. The van der Waals surface area contributed by atoms with E-state index < -0.39 is 0 Å². The molecular formula is C11H19N3O. The number of nitrogens with zero attached hydrogens (tertiary/aromatic N) is 2. The van der Waals surface area contributed by atoms with E-state index in [1.165, 1.54) is 5.56 Å². The van der Waals surface area contributed by atoms with Crippen LogP contribution in [-0.4, -0.2) is 29.5 Å². The molecule has 0 bridgehead atoms. The average Bonchev–Trinajstić information content (AvgIpc) is 2.71. The summed E-state index contributed by atoms with van der Waals surface area (Å²) in [5.74, 6) is 0. The van der Waals surface area contributed by atoms with Crippen molar-refractivity contribution in [3.63, 3.8) is 0 Å². The van der Waals surface area contributed by atoms with Crippen molar-refractivity contribution in [3.05, 3.63) is 24.5 Å². The molecule has 0 aliphatic rings. The van der Waals surface area contributed by atoms with Gasteiger partial charge in [-0.3, -0.25) is 0 Å². The number of hydrogen-bond donors (Lipinski definition) is 1. The molecule has 0 fully saturated rings. The van der Waals surface area contributed by atoms with Crippen molar-refractivity contribution in [2.45, 2.75) is 25.9 Å². The van der Waals surface area contributed by atoms with Crippen molar-refractivity contribution >= 4 is 6.20 Å². The molecule has 1 unspecified atom stereocenters. The summed E-state index contributed by atoms with van der Waals surface area (Å²) < 4.78 is 6.72. The molecule has 0 saturated carbocycles. The van der Waals surface area contributed by atoms with Crippen LogP contribution < -0.4 is 5.32 Å². The van der Waals surface area contributed by atoms with Crippen molar-refractivity contribution in [1.29, 1.82) is 0 Å². The smallest absolute Gasteiger partial charge is 0.0538 e. The standard InChI is InChI=1S/C11H19N3O/c1-4-14-9-11(8-13-14)7-12-10(2)5-6-15-3/h4,8-10,12H,1,5-7H2,2-3H3. The molecule has 4 nitrogen and oxygen atoms in total. The van der Waals surface area contributed by atoms with Gasteiger partial charge in [-0.05, 0) is 13.3 Å². The van der Waals surface area contributed by atoms with E-state index in [0.29, 0.717) is 6.04 Å². The number of nitrogens with one attached hydrogen (secondary N) is 1. The molecule has 1 N–H and O–H groups in total. The Bertz CT molecular complexity index is 296. The van der Waals surface area contributed by atoms with Crippen LogP contribution in [0.25, 0.3) is 6.20 Å². The third kappa shape index (κ3) is 4.27. The number of aromatic nitrogens is 2. The molecule has 1 aromatic heterocycles. The molecule has 0 aliphatic carbocycles. The van der Waals surface area contributed by atoms with E-state index in [1.54, 1.807) is 18.0 Å². The van der Waals surface area contributed by atoms with Crippen molar-refractivity contribution < 1.29 is 4.74 Å².